The Labute approximate surface area is 181 Å². The van der Waals surface area contributed by atoms with Gasteiger partial charge in [0.05, 0.1) is 17.7 Å². The van der Waals surface area contributed by atoms with Crippen molar-refractivity contribution in [3.05, 3.63) is 16.7 Å². The van der Waals surface area contributed by atoms with E-state index in [1.165, 1.54) is 0 Å². The number of hydrogen-bond donors (Lipinski definition) is 1. The van der Waals surface area contributed by atoms with E-state index in [-0.39, 0.29) is 35.2 Å². The third-order valence-electron chi connectivity index (χ3n) is 7.45. The summed E-state index contributed by atoms with van der Waals surface area (Å²) >= 11 is 0. The monoisotopic (exact) mass is 428 g/mol. The minimum Gasteiger partial charge on any atom is -0.375 e. The molecular weight excluding hydrogens is 396 g/mol. The van der Waals surface area contributed by atoms with Crippen molar-refractivity contribution in [1.82, 2.24) is 24.0 Å². The van der Waals surface area contributed by atoms with E-state index in [4.69, 9.17) is 9.72 Å². The third kappa shape index (κ3) is 3.43. The van der Waals surface area contributed by atoms with Crippen molar-refractivity contribution >= 4 is 23.0 Å². The first-order valence-electron chi connectivity index (χ1n) is 11.4. The molecule has 2 aromatic rings. The van der Waals surface area contributed by atoms with Gasteiger partial charge in [0.25, 0.3) is 0 Å². The highest BCUT2D eigenvalue weighted by Gasteiger charge is 2.51. The van der Waals surface area contributed by atoms with Gasteiger partial charge in [0.2, 0.25) is 11.9 Å². The highest BCUT2D eigenvalue weighted by Crippen LogP contribution is 2.45. The lowest BCUT2D eigenvalue weighted by Crippen LogP contribution is -2.37. The standard InChI is InChI=1S/C22H32N6O3/c1-26(2)19(29)15-11-22(9-6-10-31-22)12-16(15)24-20-23-13-17-18(25-20)28(21(30)27(17)3)14-7-4-5-8-14/h13-16H,4-12H2,1-3H3,(H,23,24,25). The highest BCUT2D eigenvalue weighted by molar-refractivity contribution is 5.80. The summed E-state index contributed by atoms with van der Waals surface area (Å²) in [6, 6.07) is 0.101. The Kier molecular flexibility index (Phi) is 5.03. The van der Waals surface area contributed by atoms with Crippen LogP contribution in [0.15, 0.2) is 11.0 Å². The molecule has 3 unspecified atom stereocenters. The molecule has 1 saturated heterocycles. The number of nitrogens with one attached hydrogen (secondary N) is 1. The van der Waals surface area contributed by atoms with E-state index in [2.05, 4.69) is 10.3 Å². The van der Waals surface area contributed by atoms with Gasteiger partial charge in [-0.1, -0.05) is 12.8 Å². The first kappa shape index (κ1) is 20.5. The van der Waals surface area contributed by atoms with Gasteiger partial charge in [-0.3, -0.25) is 13.9 Å². The number of aryl methyl sites for hydroxylation is 1. The number of anilines is 1. The topological polar surface area (TPSA) is 94.3 Å². The number of ether oxygens (including phenoxy) is 1. The molecule has 3 fully saturated rings. The van der Waals surface area contributed by atoms with Crippen LogP contribution in [0, 0.1) is 5.92 Å². The van der Waals surface area contributed by atoms with Crippen LogP contribution in [0.1, 0.15) is 57.4 Å². The molecule has 31 heavy (non-hydrogen) atoms. The van der Waals surface area contributed by atoms with Crippen LogP contribution in [0.25, 0.3) is 11.2 Å². The van der Waals surface area contributed by atoms with Gasteiger partial charge >= 0.3 is 5.69 Å². The smallest absolute Gasteiger partial charge is 0.330 e. The van der Waals surface area contributed by atoms with Gasteiger partial charge < -0.3 is 15.0 Å². The predicted molar refractivity (Wildman–Crippen MR) is 117 cm³/mol. The number of imidazole rings is 1. The number of carbonyl (C=O) groups is 1. The Morgan fingerprint density at radius 1 is 1.26 bits per heavy atom. The molecule has 3 aliphatic rings. The van der Waals surface area contributed by atoms with Gasteiger partial charge in [-0.05, 0) is 38.5 Å². The molecule has 5 rings (SSSR count). The zero-order valence-electron chi connectivity index (χ0n) is 18.6. The van der Waals surface area contributed by atoms with E-state index in [0.29, 0.717) is 11.6 Å². The Morgan fingerprint density at radius 2 is 2.03 bits per heavy atom. The Hall–Kier alpha value is -2.42. The van der Waals surface area contributed by atoms with E-state index in [1.807, 2.05) is 4.57 Å². The normalized spacial score (nSPS) is 28.7. The minimum atomic E-state index is -0.225. The average Bonchev–Trinajstić information content (AvgIpc) is 3.52. The van der Waals surface area contributed by atoms with Crippen molar-refractivity contribution < 1.29 is 9.53 Å². The summed E-state index contributed by atoms with van der Waals surface area (Å²) in [5.74, 6) is 0.398. The molecule has 1 N–H and O–H groups in total. The number of hydrogen-bond acceptors (Lipinski definition) is 6. The lowest BCUT2D eigenvalue weighted by atomic mass is 9.96. The van der Waals surface area contributed by atoms with Crippen molar-refractivity contribution in [2.45, 2.75) is 69.1 Å². The Morgan fingerprint density at radius 3 is 2.71 bits per heavy atom. The summed E-state index contributed by atoms with van der Waals surface area (Å²) < 4.78 is 9.58. The SMILES string of the molecule is CN(C)C(=O)C1CC2(CCCO2)CC1Nc1ncc2c(n1)n(C1CCCC1)c(=O)n2C. The summed E-state index contributed by atoms with van der Waals surface area (Å²) in [4.78, 5) is 36.7. The number of nitrogens with zero attached hydrogens (tertiary/aromatic N) is 5. The molecule has 1 spiro atoms. The second-order valence-electron chi connectivity index (χ2n) is 9.69. The van der Waals surface area contributed by atoms with Gasteiger partial charge in [0, 0.05) is 39.8 Å². The first-order valence-corrected chi connectivity index (χ1v) is 11.4. The summed E-state index contributed by atoms with van der Waals surface area (Å²) in [7, 11) is 5.37. The second-order valence-corrected chi connectivity index (χ2v) is 9.69. The molecule has 2 saturated carbocycles. The largest absolute Gasteiger partial charge is 0.375 e. The van der Waals surface area contributed by atoms with Crippen molar-refractivity contribution in [2.75, 3.05) is 26.0 Å². The van der Waals surface area contributed by atoms with Gasteiger partial charge in [0.15, 0.2) is 5.65 Å². The summed E-state index contributed by atoms with van der Waals surface area (Å²) in [5, 5.41) is 3.44. The van der Waals surface area contributed by atoms with Gasteiger partial charge in [0.1, 0.15) is 5.52 Å². The molecule has 3 heterocycles. The molecule has 2 aromatic heterocycles. The minimum absolute atomic E-state index is 0.0341. The Bertz CT molecular complexity index is 1050. The maximum atomic E-state index is 12.9. The molecule has 168 valence electrons. The number of rotatable bonds is 4. The lowest BCUT2D eigenvalue weighted by molar-refractivity contribution is -0.133. The van der Waals surface area contributed by atoms with Crippen molar-refractivity contribution in [1.29, 1.82) is 0 Å². The van der Waals surface area contributed by atoms with E-state index in [9.17, 15) is 9.59 Å². The molecule has 0 radical (unpaired) electrons. The van der Waals surface area contributed by atoms with E-state index < -0.39 is 0 Å². The Balaban J connectivity index is 1.48. The predicted octanol–water partition coefficient (Wildman–Crippen LogP) is 2.07. The second kappa shape index (κ2) is 7.62. The molecular formula is C22H32N6O3. The molecule has 2 aliphatic carbocycles. The highest BCUT2D eigenvalue weighted by atomic mass is 16.5. The van der Waals surface area contributed by atoms with Gasteiger partial charge in [-0.15, -0.1) is 0 Å². The van der Waals surface area contributed by atoms with Crippen LogP contribution in [0.2, 0.25) is 0 Å². The van der Waals surface area contributed by atoms with Gasteiger partial charge in [-0.25, -0.2) is 9.78 Å². The third-order valence-corrected chi connectivity index (χ3v) is 7.45. The van der Waals surface area contributed by atoms with Crippen LogP contribution in [0.3, 0.4) is 0 Å². The number of aromatic nitrogens is 4. The fourth-order valence-corrected chi connectivity index (χ4v) is 5.85. The molecule has 3 atom stereocenters. The zero-order chi connectivity index (χ0) is 21.8. The van der Waals surface area contributed by atoms with Crippen LogP contribution in [-0.4, -0.2) is 62.3 Å². The van der Waals surface area contributed by atoms with Crippen molar-refractivity contribution in [3.8, 4) is 0 Å². The number of carbonyl (C=O) groups excluding carboxylic acids is 1. The maximum Gasteiger partial charge on any atom is 0.330 e. The van der Waals surface area contributed by atoms with Crippen LogP contribution in [0.5, 0.6) is 0 Å². The average molecular weight is 429 g/mol. The molecule has 0 bridgehead atoms. The first-order chi connectivity index (χ1) is 14.9. The molecule has 9 heteroatoms. The van der Waals surface area contributed by atoms with Crippen LogP contribution >= 0.6 is 0 Å². The zero-order valence-corrected chi connectivity index (χ0v) is 18.6. The fraction of sp³-hybridized carbons (Fsp3) is 0.727. The van der Waals surface area contributed by atoms with E-state index >= 15 is 0 Å². The number of amides is 1. The molecule has 0 aromatic carbocycles. The number of fused-ring (bicyclic) bond motifs is 1. The van der Waals surface area contributed by atoms with Crippen molar-refractivity contribution in [2.24, 2.45) is 13.0 Å². The maximum absolute atomic E-state index is 12.9. The van der Waals surface area contributed by atoms with Crippen LogP contribution < -0.4 is 11.0 Å². The van der Waals surface area contributed by atoms with Crippen molar-refractivity contribution in [3.63, 3.8) is 0 Å². The fourth-order valence-electron chi connectivity index (χ4n) is 5.85. The van der Waals surface area contributed by atoms with E-state index in [0.717, 1.165) is 63.5 Å². The molecule has 9 nitrogen and oxygen atoms in total. The quantitative estimate of drug-likeness (QED) is 0.801. The lowest BCUT2D eigenvalue weighted by Gasteiger charge is -2.23. The summed E-state index contributed by atoms with van der Waals surface area (Å²) in [5.41, 5.74) is 1.16. The summed E-state index contributed by atoms with van der Waals surface area (Å²) in [6.07, 6.45) is 9.53. The molecule has 1 aliphatic heterocycles. The summed E-state index contributed by atoms with van der Waals surface area (Å²) in [6.45, 7) is 0.760. The van der Waals surface area contributed by atoms with E-state index in [1.54, 1.807) is 36.8 Å². The van der Waals surface area contributed by atoms with Crippen LogP contribution in [0.4, 0.5) is 5.95 Å². The van der Waals surface area contributed by atoms with Gasteiger partial charge in [-0.2, -0.15) is 4.98 Å². The molecule has 1 amide bonds. The van der Waals surface area contributed by atoms with Crippen LogP contribution in [-0.2, 0) is 16.6 Å².